The zero-order chi connectivity index (χ0) is 10.5. The summed E-state index contributed by atoms with van der Waals surface area (Å²) < 4.78 is 0. The predicted octanol–water partition coefficient (Wildman–Crippen LogP) is 1.08. The van der Waals surface area contributed by atoms with E-state index in [2.05, 4.69) is 14.9 Å². The van der Waals surface area contributed by atoms with E-state index in [0.717, 1.165) is 24.6 Å². The lowest BCUT2D eigenvalue weighted by atomic mass is 10.3. The molecular weight excluding hydrogens is 190 g/mol. The highest BCUT2D eigenvalue weighted by molar-refractivity contribution is 5.48. The van der Waals surface area contributed by atoms with Crippen LogP contribution in [0.15, 0.2) is 18.5 Å². The van der Waals surface area contributed by atoms with Gasteiger partial charge in [-0.15, -0.1) is 0 Å². The molecule has 0 radical (unpaired) electrons. The van der Waals surface area contributed by atoms with Crippen LogP contribution in [-0.2, 0) is 0 Å². The van der Waals surface area contributed by atoms with Crippen molar-refractivity contribution in [1.29, 1.82) is 0 Å². The first-order valence-electron chi connectivity index (χ1n) is 5.24. The van der Waals surface area contributed by atoms with Gasteiger partial charge in [0.15, 0.2) is 0 Å². The van der Waals surface area contributed by atoms with Crippen molar-refractivity contribution in [3.05, 3.63) is 24.0 Å². The second-order valence-corrected chi connectivity index (χ2v) is 3.60. The molecule has 1 aliphatic rings. The molecule has 0 atom stereocenters. The molecule has 0 bridgehead atoms. The quantitative estimate of drug-likeness (QED) is 0.802. The van der Waals surface area contributed by atoms with E-state index in [4.69, 9.17) is 5.11 Å². The van der Waals surface area contributed by atoms with Crippen LogP contribution in [0.5, 0.6) is 0 Å². The fraction of sp³-hybridized carbons (Fsp3) is 0.455. The summed E-state index contributed by atoms with van der Waals surface area (Å²) in [6.45, 7) is 2.17. The standard InChI is InChI=1S/C11H15N3O/c15-7-3-4-10-8-12-11(13-9-10)14-5-1-2-6-14/h3-4,8-9,15H,1-2,5-7H2. The lowest BCUT2D eigenvalue weighted by molar-refractivity contribution is 0.343. The molecule has 2 rings (SSSR count). The normalized spacial score (nSPS) is 16.5. The average Bonchev–Trinajstić information content (AvgIpc) is 2.80. The van der Waals surface area contributed by atoms with Gasteiger partial charge in [0.05, 0.1) is 6.61 Å². The van der Waals surface area contributed by atoms with Crippen LogP contribution in [0.25, 0.3) is 6.08 Å². The van der Waals surface area contributed by atoms with E-state index < -0.39 is 0 Å². The summed E-state index contributed by atoms with van der Waals surface area (Å²) in [5.74, 6) is 0.814. The SMILES string of the molecule is OCC=Cc1cnc(N2CCCC2)nc1. The first-order valence-corrected chi connectivity index (χ1v) is 5.24. The van der Waals surface area contributed by atoms with E-state index in [1.54, 1.807) is 18.5 Å². The van der Waals surface area contributed by atoms with Crippen LogP contribution >= 0.6 is 0 Å². The van der Waals surface area contributed by atoms with Crippen molar-refractivity contribution < 1.29 is 5.11 Å². The molecule has 0 amide bonds. The maximum atomic E-state index is 8.62. The molecule has 0 aliphatic carbocycles. The van der Waals surface area contributed by atoms with Crippen LogP contribution in [0.3, 0.4) is 0 Å². The van der Waals surface area contributed by atoms with Gasteiger partial charge >= 0.3 is 0 Å². The second-order valence-electron chi connectivity index (χ2n) is 3.60. The number of aliphatic hydroxyl groups is 1. The highest BCUT2D eigenvalue weighted by Crippen LogP contribution is 2.14. The fourth-order valence-electron chi connectivity index (χ4n) is 1.69. The van der Waals surface area contributed by atoms with Crippen LogP contribution in [0.2, 0.25) is 0 Å². The first kappa shape index (κ1) is 10.1. The van der Waals surface area contributed by atoms with Crippen molar-refractivity contribution in [2.24, 2.45) is 0 Å². The molecule has 2 heterocycles. The lowest BCUT2D eigenvalue weighted by Crippen LogP contribution is -2.20. The minimum Gasteiger partial charge on any atom is -0.392 e. The monoisotopic (exact) mass is 205 g/mol. The maximum absolute atomic E-state index is 8.62. The zero-order valence-electron chi connectivity index (χ0n) is 8.63. The van der Waals surface area contributed by atoms with Crippen LogP contribution in [0, 0.1) is 0 Å². The van der Waals surface area contributed by atoms with Crippen LogP contribution < -0.4 is 4.90 Å². The van der Waals surface area contributed by atoms with Crippen molar-refractivity contribution >= 4 is 12.0 Å². The summed E-state index contributed by atoms with van der Waals surface area (Å²) in [4.78, 5) is 10.8. The Morgan fingerprint density at radius 1 is 1.27 bits per heavy atom. The molecule has 15 heavy (non-hydrogen) atoms. The van der Waals surface area contributed by atoms with Crippen LogP contribution in [0.4, 0.5) is 5.95 Å². The Morgan fingerprint density at radius 3 is 2.53 bits per heavy atom. The van der Waals surface area contributed by atoms with Crippen molar-refractivity contribution in [3.8, 4) is 0 Å². The second kappa shape index (κ2) is 4.89. The van der Waals surface area contributed by atoms with Gasteiger partial charge < -0.3 is 10.0 Å². The van der Waals surface area contributed by atoms with Crippen molar-refractivity contribution in [3.63, 3.8) is 0 Å². The summed E-state index contributed by atoms with van der Waals surface area (Å²) in [7, 11) is 0. The van der Waals surface area contributed by atoms with Gasteiger partial charge in [-0.3, -0.25) is 0 Å². The molecule has 0 spiro atoms. The molecule has 1 aliphatic heterocycles. The van der Waals surface area contributed by atoms with Gasteiger partial charge in [0.1, 0.15) is 0 Å². The average molecular weight is 205 g/mol. The van der Waals surface area contributed by atoms with E-state index in [9.17, 15) is 0 Å². The van der Waals surface area contributed by atoms with Crippen LogP contribution in [0.1, 0.15) is 18.4 Å². The van der Waals surface area contributed by atoms with Gasteiger partial charge in [0.2, 0.25) is 5.95 Å². The fourth-order valence-corrected chi connectivity index (χ4v) is 1.69. The topological polar surface area (TPSA) is 49.3 Å². The number of hydrogen-bond acceptors (Lipinski definition) is 4. The molecular formula is C11H15N3O. The molecule has 0 unspecified atom stereocenters. The largest absolute Gasteiger partial charge is 0.392 e. The van der Waals surface area contributed by atoms with Gasteiger partial charge in [0.25, 0.3) is 0 Å². The summed E-state index contributed by atoms with van der Waals surface area (Å²) >= 11 is 0. The Hall–Kier alpha value is -1.42. The molecule has 0 aromatic carbocycles. The molecule has 1 aromatic heterocycles. The molecule has 4 nitrogen and oxygen atoms in total. The molecule has 1 fully saturated rings. The zero-order valence-corrected chi connectivity index (χ0v) is 8.63. The number of nitrogens with zero attached hydrogens (tertiary/aromatic N) is 3. The third-order valence-corrected chi connectivity index (χ3v) is 2.46. The van der Waals surface area contributed by atoms with Crippen LogP contribution in [-0.4, -0.2) is 34.8 Å². The van der Waals surface area contributed by atoms with Gasteiger partial charge in [-0.2, -0.15) is 0 Å². The summed E-state index contributed by atoms with van der Waals surface area (Å²) in [6, 6.07) is 0. The van der Waals surface area contributed by atoms with E-state index in [-0.39, 0.29) is 6.61 Å². The molecule has 1 N–H and O–H groups in total. The van der Waals surface area contributed by atoms with Gasteiger partial charge in [-0.1, -0.05) is 12.2 Å². The number of anilines is 1. The van der Waals surface area contributed by atoms with E-state index >= 15 is 0 Å². The van der Waals surface area contributed by atoms with E-state index in [0.29, 0.717) is 0 Å². The van der Waals surface area contributed by atoms with Crippen molar-refractivity contribution in [2.45, 2.75) is 12.8 Å². The van der Waals surface area contributed by atoms with Crippen molar-refractivity contribution in [2.75, 3.05) is 24.6 Å². The Balaban J connectivity index is 2.06. The smallest absolute Gasteiger partial charge is 0.225 e. The minimum atomic E-state index is 0.0495. The molecule has 1 aromatic rings. The third kappa shape index (κ3) is 2.53. The Labute approximate surface area is 89.3 Å². The number of aromatic nitrogens is 2. The molecule has 4 heteroatoms. The Kier molecular flexibility index (Phi) is 3.29. The first-order chi connectivity index (χ1) is 7.40. The Bertz CT molecular complexity index is 328. The van der Waals surface area contributed by atoms with Gasteiger partial charge in [-0.05, 0) is 12.8 Å². The molecule has 80 valence electrons. The number of hydrogen-bond donors (Lipinski definition) is 1. The van der Waals surface area contributed by atoms with E-state index in [1.165, 1.54) is 12.8 Å². The summed E-state index contributed by atoms with van der Waals surface area (Å²) in [5.41, 5.74) is 0.923. The Morgan fingerprint density at radius 2 is 1.93 bits per heavy atom. The number of aliphatic hydroxyl groups excluding tert-OH is 1. The van der Waals surface area contributed by atoms with Crippen molar-refractivity contribution in [1.82, 2.24) is 9.97 Å². The third-order valence-electron chi connectivity index (χ3n) is 2.46. The van der Waals surface area contributed by atoms with Gasteiger partial charge in [-0.25, -0.2) is 9.97 Å². The van der Waals surface area contributed by atoms with Gasteiger partial charge in [0, 0.05) is 31.0 Å². The number of rotatable bonds is 3. The lowest BCUT2D eigenvalue weighted by Gasteiger charge is -2.14. The highest BCUT2D eigenvalue weighted by Gasteiger charge is 2.13. The summed E-state index contributed by atoms with van der Waals surface area (Å²) in [6.07, 6.45) is 9.52. The maximum Gasteiger partial charge on any atom is 0.225 e. The van der Waals surface area contributed by atoms with E-state index in [1.807, 2.05) is 6.08 Å². The molecule has 1 saturated heterocycles. The molecule has 0 saturated carbocycles. The highest BCUT2D eigenvalue weighted by atomic mass is 16.2. The minimum absolute atomic E-state index is 0.0495. The predicted molar refractivity (Wildman–Crippen MR) is 59.6 cm³/mol. The summed E-state index contributed by atoms with van der Waals surface area (Å²) in [5, 5.41) is 8.62.